The molecule has 0 amide bonds. The molecule has 2 nitrogen and oxygen atoms in total. The number of nitrogens with zero attached hydrogens (tertiary/aromatic N) is 1. The van der Waals surface area contributed by atoms with E-state index in [1.807, 2.05) is 24.0 Å². The van der Waals surface area contributed by atoms with Gasteiger partial charge in [-0.2, -0.15) is 0 Å². The minimum absolute atomic E-state index is 0.910. The van der Waals surface area contributed by atoms with Gasteiger partial charge in [0.2, 0.25) is 0 Å². The highest BCUT2D eigenvalue weighted by atomic mass is 32.2. The monoisotopic (exact) mass is 284 g/mol. The van der Waals surface area contributed by atoms with E-state index in [1.54, 1.807) is 11.1 Å². The zero-order valence-electron chi connectivity index (χ0n) is 11.9. The molecule has 0 aliphatic heterocycles. The van der Waals surface area contributed by atoms with E-state index in [0.717, 1.165) is 18.1 Å². The van der Waals surface area contributed by atoms with Crippen molar-refractivity contribution >= 4 is 17.6 Å². The molecule has 0 spiro atoms. The van der Waals surface area contributed by atoms with Gasteiger partial charge in [-0.05, 0) is 55.5 Å². The maximum absolute atomic E-state index is 4.41. The van der Waals surface area contributed by atoms with Gasteiger partial charge in [-0.25, -0.2) is 4.98 Å². The van der Waals surface area contributed by atoms with Crippen molar-refractivity contribution in [3.05, 3.63) is 53.2 Å². The highest BCUT2D eigenvalue weighted by molar-refractivity contribution is 7.98. The summed E-state index contributed by atoms with van der Waals surface area (Å²) in [5.74, 6) is 1.98. The standard InChI is InChI=1S/C17H20N2S/c1-2-18-17-15(7-4-10-19-17)12-20-16-9-8-13-5-3-6-14(13)11-16/h4,7-11H,2-3,5-6,12H2,1H3,(H,18,19). The molecule has 1 aliphatic carbocycles. The summed E-state index contributed by atoms with van der Waals surface area (Å²) in [6.07, 6.45) is 5.67. The van der Waals surface area contributed by atoms with Gasteiger partial charge in [-0.15, -0.1) is 11.8 Å². The summed E-state index contributed by atoms with van der Waals surface area (Å²) >= 11 is 1.90. The second-order valence-electron chi connectivity index (χ2n) is 5.11. The zero-order valence-corrected chi connectivity index (χ0v) is 12.7. The minimum Gasteiger partial charge on any atom is -0.370 e. The Hall–Kier alpha value is -1.48. The number of anilines is 1. The number of hydrogen-bond donors (Lipinski definition) is 1. The van der Waals surface area contributed by atoms with Gasteiger partial charge < -0.3 is 5.32 Å². The molecule has 104 valence electrons. The summed E-state index contributed by atoms with van der Waals surface area (Å²) < 4.78 is 0. The second kappa shape index (κ2) is 6.31. The van der Waals surface area contributed by atoms with Crippen LogP contribution in [-0.2, 0) is 18.6 Å². The van der Waals surface area contributed by atoms with Gasteiger partial charge in [0.1, 0.15) is 5.82 Å². The maximum Gasteiger partial charge on any atom is 0.129 e. The molecule has 0 unspecified atom stereocenters. The van der Waals surface area contributed by atoms with Crippen molar-refractivity contribution in [2.75, 3.05) is 11.9 Å². The SMILES string of the molecule is CCNc1ncccc1CSc1ccc2c(c1)CCC2. The summed E-state index contributed by atoms with van der Waals surface area (Å²) in [6, 6.07) is 11.1. The van der Waals surface area contributed by atoms with E-state index >= 15 is 0 Å². The van der Waals surface area contributed by atoms with E-state index < -0.39 is 0 Å². The molecule has 1 aromatic carbocycles. The van der Waals surface area contributed by atoms with Crippen molar-refractivity contribution in [1.82, 2.24) is 4.98 Å². The van der Waals surface area contributed by atoms with Crippen LogP contribution in [0.3, 0.4) is 0 Å². The number of aromatic nitrogens is 1. The molecule has 2 aromatic rings. The van der Waals surface area contributed by atoms with Crippen LogP contribution in [0.15, 0.2) is 41.4 Å². The van der Waals surface area contributed by atoms with Gasteiger partial charge in [-0.3, -0.25) is 0 Å². The van der Waals surface area contributed by atoms with Crippen LogP contribution in [0.1, 0.15) is 30.0 Å². The second-order valence-corrected chi connectivity index (χ2v) is 6.16. The number of rotatable bonds is 5. The van der Waals surface area contributed by atoms with Gasteiger partial charge >= 0.3 is 0 Å². The van der Waals surface area contributed by atoms with Crippen LogP contribution >= 0.6 is 11.8 Å². The van der Waals surface area contributed by atoms with E-state index in [0.29, 0.717) is 0 Å². The Bertz CT molecular complexity index is 595. The lowest BCUT2D eigenvalue weighted by Gasteiger charge is -2.09. The molecule has 1 aliphatic rings. The van der Waals surface area contributed by atoms with Crippen LogP contribution in [0.2, 0.25) is 0 Å². The normalized spacial score (nSPS) is 13.2. The van der Waals surface area contributed by atoms with E-state index in [1.165, 1.54) is 29.7 Å². The number of fused-ring (bicyclic) bond motifs is 1. The third-order valence-corrected chi connectivity index (χ3v) is 4.74. The number of pyridine rings is 1. The predicted octanol–water partition coefficient (Wildman–Crippen LogP) is 4.29. The molecule has 20 heavy (non-hydrogen) atoms. The first kappa shape index (κ1) is 13.5. The maximum atomic E-state index is 4.41. The van der Waals surface area contributed by atoms with Crippen LogP contribution in [-0.4, -0.2) is 11.5 Å². The smallest absolute Gasteiger partial charge is 0.129 e. The lowest BCUT2D eigenvalue weighted by atomic mass is 10.1. The molecular weight excluding hydrogens is 264 g/mol. The average Bonchev–Trinajstić information content (AvgIpc) is 2.94. The van der Waals surface area contributed by atoms with E-state index in [-0.39, 0.29) is 0 Å². The fraction of sp³-hybridized carbons (Fsp3) is 0.353. The van der Waals surface area contributed by atoms with Crippen molar-refractivity contribution in [1.29, 1.82) is 0 Å². The van der Waals surface area contributed by atoms with Gasteiger partial charge in [0, 0.05) is 29.0 Å². The predicted molar refractivity (Wildman–Crippen MR) is 86.4 cm³/mol. The van der Waals surface area contributed by atoms with Crippen molar-refractivity contribution in [3.8, 4) is 0 Å². The topological polar surface area (TPSA) is 24.9 Å². The molecule has 1 heterocycles. The van der Waals surface area contributed by atoms with Gasteiger partial charge in [-0.1, -0.05) is 12.1 Å². The Morgan fingerprint density at radius 1 is 1.20 bits per heavy atom. The fourth-order valence-corrected chi connectivity index (χ4v) is 3.63. The first-order chi connectivity index (χ1) is 9.86. The molecule has 0 radical (unpaired) electrons. The first-order valence-corrected chi connectivity index (χ1v) is 8.27. The summed E-state index contributed by atoms with van der Waals surface area (Å²) in [7, 11) is 0. The molecule has 1 N–H and O–H groups in total. The Morgan fingerprint density at radius 3 is 3.00 bits per heavy atom. The first-order valence-electron chi connectivity index (χ1n) is 7.29. The number of thioether (sulfide) groups is 1. The molecule has 3 heteroatoms. The van der Waals surface area contributed by atoms with Crippen LogP contribution in [0, 0.1) is 0 Å². The molecule has 3 rings (SSSR count). The Kier molecular flexibility index (Phi) is 4.26. The summed E-state index contributed by atoms with van der Waals surface area (Å²) in [5.41, 5.74) is 4.37. The zero-order chi connectivity index (χ0) is 13.8. The number of nitrogens with one attached hydrogen (secondary N) is 1. The lowest BCUT2D eigenvalue weighted by Crippen LogP contribution is -2.02. The average molecular weight is 284 g/mol. The highest BCUT2D eigenvalue weighted by Gasteiger charge is 2.11. The van der Waals surface area contributed by atoms with Crippen LogP contribution in [0.5, 0.6) is 0 Å². The fourth-order valence-electron chi connectivity index (χ4n) is 2.68. The molecule has 0 fully saturated rings. The molecule has 0 bridgehead atoms. The van der Waals surface area contributed by atoms with Gasteiger partial charge in [0.05, 0.1) is 0 Å². The Morgan fingerprint density at radius 2 is 2.10 bits per heavy atom. The number of benzene rings is 1. The lowest BCUT2D eigenvalue weighted by molar-refractivity contribution is 0.911. The summed E-state index contributed by atoms with van der Waals surface area (Å²) in [5, 5.41) is 3.33. The summed E-state index contributed by atoms with van der Waals surface area (Å²) in [6.45, 7) is 3.01. The van der Waals surface area contributed by atoms with Crippen molar-refractivity contribution < 1.29 is 0 Å². The van der Waals surface area contributed by atoms with E-state index in [9.17, 15) is 0 Å². The minimum atomic E-state index is 0.910. The third-order valence-electron chi connectivity index (χ3n) is 3.70. The molecule has 0 saturated carbocycles. The van der Waals surface area contributed by atoms with Gasteiger partial charge in [0.25, 0.3) is 0 Å². The van der Waals surface area contributed by atoms with Crippen LogP contribution in [0.25, 0.3) is 0 Å². The van der Waals surface area contributed by atoms with E-state index in [2.05, 4.69) is 41.5 Å². The molecule has 0 atom stereocenters. The van der Waals surface area contributed by atoms with E-state index in [4.69, 9.17) is 0 Å². The molecule has 0 saturated heterocycles. The highest BCUT2D eigenvalue weighted by Crippen LogP contribution is 2.30. The quantitative estimate of drug-likeness (QED) is 0.829. The molecular formula is C17H20N2S. The Balaban J connectivity index is 1.70. The van der Waals surface area contributed by atoms with Crippen molar-refractivity contribution in [2.24, 2.45) is 0 Å². The van der Waals surface area contributed by atoms with Gasteiger partial charge in [0.15, 0.2) is 0 Å². The summed E-state index contributed by atoms with van der Waals surface area (Å²) in [4.78, 5) is 5.79. The third kappa shape index (κ3) is 2.98. The van der Waals surface area contributed by atoms with Crippen LogP contribution < -0.4 is 5.32 Å². The van der Waals surface area contributed by atoms with Crippen molar-refractivity contribution in [2.45, 2.75) is 36.8 Å². The molecule has 1 aromatic heterocycles. The largest absolute Gasteiger partial charge is 0.370 e. The van der Waals surface area contributed by atoms with Crippen LogP contribution in [0.4, 0.5) is 5.82 Å². The van der Waals surface area contributed by atoms with Crippen molar-refractivity contribution in [3.63, 3.8) is 0 Å². The number of aryl methyl sites for hydroxylation is 2. The number of hydrogen-bond acceptors (Lipinski definition) is 3. The Labute approximate surface area is 125 Å².